The van der Waals surface area contributed by atoms with E-state index in [0.717, 1.165) is 17.1 Å². The summed E-state index contributed by atoms with van der Waals surface area (Å²) in [7, 11) is 5.12. The second-order valence-corrected chi connectivity index (χ2v) is 5.14. The van der Waals surface area contributed by atoms with Gasteiger partial charge in [-0.3, -0.25) is 9.69 Å². The van der Waals surface area contributed by atoms with Crippen molar-refractivity contribution in [1.29, 1.82) is 0 Å². The lowest BCUT2D eigenvalue weighted by Crippen LogP contribution is -2.40. The first-order chi connectivity index (χ1) is 10.1. The van der Waals surface area contributed by atoms with Crippen LogP contribution in [0.3, 0.4) is 0 Å². The minimum Gasteiger partial charge on any atom is -0.497 e. The van der Waals surface area contributed by atoms with Gasteiger partial charge >= 0.3 is 5.97 Å². The van der Waals surface area contributed by atoms with Gasteiger partial charge in [-0.25, -0.2) is 0 Å². The van der Waals surface area contributed by atoms with Crippen LogP contribution in [0, 0.1) is 5.92 Å². The highest BCUT2D eigenvalue weighted by molar-refractivity contribution is 5.71. The predicted molar refractivity (Wildman–Crippen MR) is 76.7 cm³/mol. The Labute approximate surface area is 124 Å². The summed E-state index contributed by atoms with van der Waals surface area (Å²) in [5.74, 6) is 0.193. The summed E-state index contributed by atoms with van der Waals surface area (Å²) in [4.78, 5) is 13.2. The van der Waals surface area contributed by atoms with Crippen LogP contribution in [-0.2, 0) is 16.1 Å². The van der Waals surface area contributed by atoms with Crippen molar-refractivity contribution in [2.24, 2.45) is 5.92 Å². The zero-order chi connectivity index (χ0) is 15.4. The molecule has 1 aliphatic rings. The molecule has 1 aromatic rings. The second kappa shape index (κ2) is 6.78. The van der Waals surface area contributed by atoms with Gasteiger partial charge in [0.1, 0.15) is 11.5 Å². The highest BCUT2D eigenvalue weighted by atomic mass is 16.5. The Hall–Kier alpha value is -1.79. The van der Waals surface area contributed by atoms with Crippen molar-refractivity contribution >= 4 is 5.97 Å². The number of carbonyl (C=O) groups is 1. The maximum atomic E-state index is 11.2. The molecule has 0 aromatic heterocycles. The number of methoxy groups -OCH3 is 2. The van der Waals surface area contributed by atoms with E-state index in [1.807, 2.05) is 30.1 Å². The quantitative estimate of drug-likeness (QED) is 0.851. The van der Waals surface area contributed by atoms with E-state index in [9.17, 15) is 9.90 Å². The molecule has 0 spiro atoms. The molecule has 6 nitrogen and oxygen atoms in total. The van der Waals surface area contributed by atoms with Crippen molar-refractivity contribution in [3.8, 4) is 11.5 Å². The number of ether oxygens (including phenoxy) is 3. The summed E-state index contributed by atoms with van der Waals surface area (Å²) in [6, 6.07) is 5.45. The number of carboxylic acids is 1. The summed E-state index contributed by atoms with van der Waals surface area (Å²) in [6.45, 7) is 1.26. The highest BCUT2D eigenvalue weighted by Crippen LogP contribution is 2.27. The van der Waals surface area contributed by atoms with Gasteiger partial charge in [0, 0.05) is 18.2 Å². The second-order valence-electron chi connectivity index (χ2n) is 5.14. The lowest BCUT2D eigenvalue weighted by atomic mass is 10.0. The number of rotatable bonds is 6. The molecule has 2 unspecified atom stereocenters. The largest absolute Gasteiger partial charge is 0.497 e. The van der Waals surface area contributed by atoms with Crippen molar-refractivity contribution in [2.75, 3.05) is 34.5 Å². The van der Waals surface area contributed by atoms with Crippen LogP contribution in [0.2, 0.25) is 0 Å². The molecular weight excluding hydrogens is 274 g/mol. The maximum Gasteiger partial charge on any atom is 0.310 e. The van der Waals surface area contributed by atoms with Crippen LogP contribution >= 0.6 is 0 Å². The van der Waals surface area contributed by atoms with Gasteiger partial charge in [0.05, 0.1) is 33.4 Å². The Morgan fingerprint density at radius 2 is 2.14 bits per heavy atom. The monoisotopic (exact) mass is 295 g/mol. The molecule has 116 valence electrons. The summed E-state index contributed by atoms with van der Waals surface area (Å²) < 4.78 is 15.9. The Kier molecular flexibility index (Phi) is 5.03. The minimum atomic E-state index is -0.818. The molecular formula is C15H21NO5. The number of likely N-dealkylation sites (N-methyl/N-ethyl adjacent to an activating group) is 1. The van der Waals surface area contributed by atoms with E-state index >= 15 is 0 Å². The van der Waals surface area contributed by atoms with Gasteiger partial charge in [-0.2, -0.15) is 0 Å². The van der Waals surface area contributed by atoms with Crippen LogP contribution < -0.4 is 9.47 Å². The number of nitrogens with zero attached hydrogens (tertiary/aromatic N) is 1. The van der Waals surface area contributed by atoms with Crippen LogP contribution in [-0.4, -0.2) is 56.5 Å². The third-order valence-electron chi connectivity index (χ3n) is 3.84. The van der Waals surface area contributed by atoms with Crippen LogP contribution in [0.25, 0.3) is 0 Å². The molecule has 1 heterocycles. The summed E-state index contributed by atoms with van der Waals surface area (Å²) >= 11 is 0. The van der Waals surface area contributed by atoms with Crippen LogP contribution in [0.4, 0.5) is 0 Å². The molecule has 2 atom stereocenters. The topological polar surface area (TPSA) is 68.2 Å². The average molecular weight is 295 g/mol. The fraction of sp³-hybridized carbons (Fsp3) is 0.533. The zero-order valence-electron chi connectivity index (χ0n) is 12.5. The number of hydrogen-bond donors (Lipinski definition) is 1. The summed E-state index contributed by atoms with van der Waals surface area (Å²) in [5.41, 5.74) is 0.954. The SMILES string of the molecule is COc1ccc(OC)c(CN(C)C2COCC2C(=O)O)c1. The van der Waals surface area contributed by atoms with Crippen molar-refractivity contribution in [1.82, 2.24) is 4.90 Å². The lowest BCUT2D eigenvalue weighted by Gasteiger charge is -2.26. The van der Waals surface area contributed by atoms with Gasteiger partial charge in [0.15, 0.2) is 0 Å². The van der Waals surface area contributed by atoms with Crippen LogP contribution in [0.15, 0.2) is 18.2 Å². The maximum absolute atomic E-state index is 11.2. The van der Waals surface area contributed by atoms with E-state index in [4.69, 9.17) is 14.2 Å². The Morgan fingerprint density at radius 1 is 1.38 bits per heavy atom. The first-order valence-electron chi connectivity index (χ1n) is 6.78. The molecule has 1 saturated heterocycles. The summed E-state index contributed by atoms with van der Waals surface area (Å²) in [6.07, 6.45) is 0. The molecule has 6 heteroatoms. The van der Waals surface area contributed by atoms with Crippen LogP contribution in [0.1, 0.15) is 5.56 Å². The van der Waals surface area contributed by atoms with Gasteiger partial charge < -0.3 is 19.3 Å². The average Bonchev–Trinajstić information content (AvgIpc) is 2.96. The molecule has 1 aliphatic heterocycles. The molecule has 0 amide bonds. The Morgan fingerprint density at radius 3 is 2.76 bits per heavy atom. The van der Waals surface area contributed by atoms with Crippen molar-refractivity contribution < 1.29 is 24.1 Å². The van der Waals surface area contributed by atoms with Crippen molar-refractivity contribution in [3.63, 3.8) is 0 Å². The summed E-state index contributed by atoms with van der Waals surface area (Å²) in [5, 5.41) is 9.23. The van der Waals surface area contributed by atoms with Gasteiger partial charge in [0.25, 0.3) is 0 Å². The minimum absolute atomic E-state index is 0.140. The Bertz CT molecular complexity index is 505. The third kappa shape index (κ3) is 3.46. The molecule has 0 radical (unpaired) electrons. The van der Waals surface area contributed by atoms with Gasteiger partial charge in [0.2, 0.25) is 0 Å². The van der Waals surface area contributed by atoms with E-state index in [1.165, 1.54) is 0 Å². The molecule has 0 saturated carbocycles. The van der Waals surface area contributed by atoms with Gasteiger partial charge in [-0.05, 0) is 25.2 Å². The van der Waals surface area contributed by atoms with E-state index < -0.39 is 11.9 Å². The first-order valence-corrected chi connectivity index (χ1v) is 6.78. The fourth-order valence-electron chi connectivity index (χ4n) is 2.60. The number of benzene rings is 1. The van der Waals surface area contributed by atoms with E-state index in [1.54, 1.807) is 14.2 Å². The van der Waals surface area contributed by atoms with Gasteiger partial charge in [-0.15, -0.1) is 0 Å². The molecule has 2 rings (SSSR count). The normalized spacial score (nSPS) is 21.5. The number of hydrogen-bond acceptors (Lipinski definition) is 5. The Balaban J connectivity index is 2.15. The van der Waals surface area contributed by atoms with E-state index in [-0.39, 0.29) is 12.6 Å². The highest BCUT2D eigenvalue weighted by Gasteiger charge is 2.36. The molecule has 21 heavy (non-hydrogen) atoms. The molecule has 1 aromatic carbocycles. The van der Waals surface area contributed by atoms with Crippen molar-refractivity contribution in [2.45, 2.75) is 12.6 Å². The molecule has 1 fully saturated rings. The fourth-order valence-corrected chi connectivity index (χ4v) is 2.60. The lowest BCUT2D eigenvalue weighted by molar-refractivity contribution is -0.143. The van der Waals surface area contributed by atoms with E-state index in [0.29, 0.717) is 13.2 Å². The van der Waals surface area contributed by atoms with Crippen LogP contribution in [0.5, 0.6) is 11.5 Å². The molecule has 0 bridgehead atoms. The number of aliphatic carboxylic acids is 1. The van der Waals surface area contributed by atoms with Gasteiger partial charge in [-0.1, -0.05) is 0 Å². The predicted octanol–water partition coefficient (Wildman–Crippen LogP) is 1.24. The standard InChI is InChI=1S/C15H21NO5/c1-16(13-9-21-8-12(13)15(17)18)7-10-6-11(19-2)4-5-14(10)20-3/h4-6,12-13H,7-9H2,1-3H3,(H,17,18). The molecule has 0 aliphatic carbocycles. The third-order valence-corrected chi connectivity index (χ3v) is 3.84. The molecule has 1 N–H and O–H groups in total. The number of carboxylic acid groups (broad SMARTS) is 1. The smallest absolute Gasteiger partial charge is 0.310 e. The first kappa shape index (κ1) is 15.6. The van der Waals surface area contributed by atoms with E-state index in [2.05, 4.69) is 0 Å². The van der Waals surface area contributed by atoms with Crippen molar-refractivity contribution in [3.05, 3.63) is 23.8 Å². The zero-order valence-corrected chi connectivity index (χ0v) is 12.5.